The van der Waals surface area contributed by atoms with Crippen molar-refractivity contribution >= 4 is 28.0 Å². The number of hydrogen-bond acceptors (Lipinski definition) is 3. The third-order valence-corrected chi connectivity index (χ3v) is 3.39. The molecule has 0 amide bonds. The average molecular weight is 283 g/mol. The van der Waals surface area contributed by atoms with E-state index >= 15 is 0 Å². The van der Waals surface area contributed by atoms with E-state index in [9.17, 15) is 0 Å². The number of rotatable bonds is 3. The molecule has 0 saturated carbocycles. The zero-order valence-corrected chi connectivity index (χ0v) is 11.7. The van der Waals surface area contributed by atoms with E-state index < -0.39 is 0 Å². The molecule has 3 rings (SSSR count). The highest BCUT2D eigenvalue weighted by Gasteiger charge is 2.10. The maximum atomic E-state index is 5.75. The lowest BCUT2D eigenvalue weighted by atomic mass is 10.1. The lowest BCUT2D eigenvalue weighted by molar-refractivity contribution is 0.415. The Kier molecular flexibility index (Phi) is 3.12. The van der Waals surface area contributed by atoms with Gasteiger partial charge < -0.3 is 10.5 Å². The molecule has 2 aromatic heterocycles. The van der Waals surface area contributed by atoms with Crippen molar-refractivity contribution in [1.29, 1.82) is 0 Å². The maximum absolute atomic E-state index is 5.75. The second-order valence-corrected chi connectivity index (χ2v) is 4.79. The molecule has 4 nitrogen and oxygen atoms in total. The molecule has 0 spiro atoms. The molecule has 0 bridgehead atoms. The summed E-state index contributed by atoms with van der Waals surface area (Å²) in [6, 6.07) is 11.6. The van der Waals surface area contributed by atoms with Crippen LogP contribution in [0, 0.1) is 0 Å². The maximum Gasteiger partial charge on any atom is 0.145 e. The predicted octanol–water partition coefficient (Wildman–Crippen LogP) is 2.67. The number of fused-ring (bicyclic) bond motifs is 1. The number of nitrogens with zero attached hydrogens (tertiary/aromatic N) is 2. The summed E-state index contributed by atoms with van der Waals surface area (Å²) in [7, 11) is 1.65. The number of nitrogens with two attached hydrogens (primary N) is 1. The van der Waals surface area contributed by atoms with Crippen molar-refractivity contribution in [3.8, 4) is 11.6 Å². The topological polar surface area (TPSA) is 53.1 Å². The van der Waals surface area contributed by atoms with Crippen LogP contribution in [0.3, 0.4) is 0 Å². The molecule has 20 heavy (non-hydrogen) atoms. The first-order valence-corrected chi connectivity index (χ1v) is 6.52. The van der Waals surface area contributed by atoms with Gasteiger partial charge in [-0.2, -0.15) is 0 Å². The van der Waals surface area contributed by atoms with Crippen LogP contribution >= 0.6 is 12.2 Å². The Morgan fingerprint density at radius 3 is 2.90 bits per heavy atom. The van der Waals surface area contributed by atoms with Gasteiger partial charge in [0.25, 0.3) is 0 Å². The second kappa shape index (κ2) is 4.94. The zero-order chi connectivity index (χ0) is 14.1. The summed E-state index contributed by atoms with van der Waals surface area (Å²) in [4.78, 5) is 4.80. The Bertz CT molecular complexity index is 795. The van der Waals surface area contributed by atoms with E-state index in [1.54, 1.807) is 13.3 Å². The molecule has 0 unspecified atom stereocenters. The van der Waals surface area contributed by atoms with Crippen LogP contribution in [0.1, 0.15) is 5.69 Å². The summed E-state index contributed by atoms with van der Waals surface area (Å²) in [5.41, 5.74) is 6.52. The van der Waals surface area contributed by atoms with Gasteiger partial charge in [-0.05, 0) is 41.8 Å². The number of benzene rings is 1. The Balaban J connectivity index is 2.26. The number of thiocarbonyl (C=S) groups is 1. The molecular formula is C15H13N3OS. The van der Waals surface area contributed by atoms with Gasteiger partial charge in [0.05, 0.1) is 12.8 Å². The first kappa shape index (κ1) is 12.6. The minimum atomic E-state index is 0.349. The molecule has 0 atom stereocenters. The molecule has 1 aromatic carbocycles. The summed E-state index contributed by atoms with van der Waals surface area (Å²) in [6.45, 7) is 0. The standard InChI is InChI=1S/C15H13N3OS/c1-19-11-4-5-12-10(9-11)6-7-17-15(12)18-8-2-3-13(18)14(16)20/h2-9H,1H3,(H2,16,20). The van der Waals surface area contributed by atoms with Gasteiger partial charge in [-0.25, -0.2) is 4.98 Å². The van der Waals surface area contributed by atoms with Crippen molar-refractivity contribution < 1.29 is 4.74 Å². The van der Waals surface area contributed by atoms with Crippen LogP contribution in [0.2, 0.25) is 0 Å². The highest BCUT2D eigenvalue weighted by molar-refractivity contribution is 7.80. The van der Waals surface area contributed by atoms with Gasteiger partial charge in [-0.3, -0.25) is 4.57 Å². The van der Waals surface area contributed by atoms with E-state index in [0.29, 0.717) is 4.99 Å². The van der Waals surface area contributed by atoms with E-state index in [2.05, 4.69) is 4.98 Å². The molecule has 0 fully saturated rings. The van der Waals surface area contributed by atoms with Crippen molar-refractivity contribution in [2.75, 3.05) is 7.11 Å². The molecule has 0 radical (unpaired) electrons. The van der Waals surface area contributed by atoms with Crippen molar-refractivity contribution in [3.05, 3.63) is 54.5 Å². The Labute approximate surface area is 121 Å². The number of methoxy groups -OCH3 is 1. The minimum absolute atomic E-state index is 0.349. The normalized spacial score (nSPS) is 10.7. The highest BCUT2D eigenvalue weighted by atomic mass is 32.1. The van der Waals surface area contributed by atoms with Gasteiger partial charge in [-0.15, -0.1) is 0 Å². The van der Waals surface area contributed by atoms with Crippen molar-refractivity contribution in [3.63, 3.8) is 0 Å². The molecule has 100 valence electrons. The average Bonchev–Trinajstić information content (AvgIpc) is 2.95. The Morgan fingerprint density at radius 2 is 2.15 bits per heavy atom. The molecule has 5 heteroatoms. The highest BCUT2D eigenvalue weighted by Crippen LogP contribution is 2.25. The monoisotopic (exact) mass is 283 g/mol. The third-order valence-electron chi connectivity index (χ3n) is 3.18. The molecule has 0 aliphatic carbocycles. The predicted molar refractivity (Wildman–Crippen MR) is 83.5 cm³/mol. The molecule has 2 N–H and O–H groups in total. The van der Waals surface area contributed by atoms with Gasteiger partial charge in [0, 0.05) is 17.8 Å². The third kappa shape index (κ3) is 2.02. The number of ether oxygens (including phenoxy) is 1. The van der Waals surface area contributed by atoms with Crippen molar-refractivity contribution in [2.45, 2.75) is 0 Å². The molecule has 3 aromatic rings. The van der Waals surface area contributed by atoms with Crippen LogP contribution in [0.15, 0.2) is 48.8 Å². The van der Waals surface area contributed by atoms with Crippen molar-refractivity contribution in [2.24, 2.45) is 5.73 Å². The fraction of sp³-hybridized carbons (Fsp3) is 0.0667. The largest absolute Gasteiger partial charge is 0.497 e. The summed E-state index contributed by atoms with van der Waals surface area (Å²) in [5.74, 6) is 1.62. The number of pyridine rings is 1. The molecule has 0 aliphatic heterocycles. The summed E-state index contributed by atoms with van der Waals surface area (Å²) in [5, 5.41) is 2.07. The fourth-order valence-electron chi connectivity index (χ4n) is 2.23. The summed E-state index contributed by atoms with van der Waals surface area (Å²) in [6.07, 6.45) is 3.67. The Hall–Kier alpha value is -2.40. The van der Waals surface area contributed by atoms with Crippen LogP contribution < -0.4 is 10.5 Å². The number of hydrogen-bond donors (Lipinski definition) is 1. The first-order chi connectivity index (χ1) is 9.70. The van der Waals surface area contributed by atoms with Crippen LogP contribution in [-0.2, 0) is 0 Å². The van der Waals surface area contributed by atoms with Crippen LogP contribution in [0.4, 0.5) is 0 Å². The quantitative estimate of drug-likeness (QED) is 0.751. The van der Waals surface area contributed by atoms with Gasteiger partial charge in [0.2, 0.25) is 0 Å². The molecule has 0 saturated heterocycles. The minimum Gasteiger partial charge on any atom is -0.497 e. The van der Waals surface area contributed by atoms with Gasteiger partial charge in [-0.1, -0.05) is 12.2 Å². The van der Waals surface area contributed by atoms with E-state index in [-0.39, 0.29) is 0 Å². The summed E-state index contributed by atoms with van der Waals surface area (Å²) < 4.78 is 7.15. The number of aromatic nitrogens is 2. The Morgan fingerprint density at radius 1 is 1.30 bits per heavy atom. The van der Waals surface area contributed by atoms with Crippen LogP contribution in [0.5, 0.6) is 5.75 Å². The lowest BCUT2D eigenvalue weighted by Gasteiger charge is -2.11. The SMILES string of the molecule is COc1ccc2c(-n3cccc3C(N)=S)nccc2c1. The van der Waals surface area contributed by atoms with E-state index in [0.717, 1.165) is 28.0 Å². The van der Waals surface area contributed by atoms with Crippen molar-refractivity contribution in [1.82, 2.24) is 9.55 Å². The van der Waals surface area contributed by atoms with Gasteiger partial charge in [0.15, 0.2) is 0 Å². The second-order valence-electron chi connectivity index (χ2n) is 4.35. The fourth-order valence-corrected chi connectivity index (χ4v) is 2.39. The van der Waals surface area contributed by atoms with Gasteiger partial charge in [0.1, 0.15) is 16.6 Å². The molecule has 0 aliphatic rings. The summed E-state index contributed by atoms with van der Waals surface area (Å²) >= 11 is 5.07. The first-order valence-electron chi connectivity index (χ1n) is 6.11. The molecule has 2 heterocycles. The van der Waals surface area contributed by atoms with E-state index in [4.69, 9.17) is 22.7 Å². The van der Waals surface area contributed by atoms with Gasteiger partial charge >= 0.3 is 0 Å². The van der Waals surface area contributed by atoms with E-state index in [1.165, 1.54) is 0 Å². The van der Waals surface area contributed by atoms with E-state index in [1.807, 2.05) is 47.2 Å². The lowest BCUT2D eigenvalue weighted by Crippen LogP contribution is -2.15. The molecular weight excluding hydrogens is 270 g/mol. The smallest absolute Gasteiger partial charge is 0.145 e. The van der Waals surface area contributed by atoms with Crippen LogP contribution in [0.25, 0.3) is 16.6 Å². The van der Waals surface area contributed by atoms with Crippen LogP contribution in [-0.4, -0.2) is 21.6 Å². The zero-order valence-electron chi connectivity index (χ0n) is 10.9.